The normalized spacial score (nSPS) is 24.4. The minimum Gasteiger partial charge on any atom is -0.381 e. The molecule has 2 atom stereocenters. The molecule has 1 heterocycles. The molecule has 18 heavy (non-hydrogen) atoms. The van der Waals surface area contributed by atoms with Crippen LogP contribution in [0.1, 0.15) is 25.8 Å². The molecule has 0 amide bonds. The van der Waals surface area contributed by atoms with Gasteiger partial charge in [-0.3, -0.25) is 0 Å². The molecule has 0 unspecified atom stereocenters. The smallest absolute Gasteiger partial charge is 0.0512 e. The molecule has 1 aliphatic rings. The Bertz CT molecular complexity index is 381. The molecule has 1 fully saturated rings. The van der Waals surface area contributed by atoms with Gasteiger partial charge in [-0.1, -0.05) is 37.6 Å². The third-order valence-corrected chi connectivity index (χ3v) is 3.64. The van der Waals surface area contributed by atoms with Crippen molar-refractivity contribution in [3.05, 3.63) is 34.9 Å². The lowest BCUT2D eigenvalue weighted by atomic mass is 9.89. The standard InChI is InChI=1S/C15H22ClNO/c1-11(2)17-15-6-7-18-10-13(15)8-12-4-3-5-14(16)9-12/h3-5,9,11,13,15,17H,6-8,10H2,1-2H3/t13-,15-/m1/s1. The highest BCUT2D eigenvalue weighted by Gasteiger charge is 2.26. The largest absolute Gasteiger partial charge is 0.381 e. The summed E-state index contributed by atoms with van der Waals surface area (Å²) < 4.78 is 5.62. The van der Waals surface area contributed by atoms with E-state index < -0.39 is 0 Å². The Morgan fingerprint density at radius 1 is 1.44 bits per heavy atom. The summed E-state index contributed by atoms with van der Waals surface area (Å²) in [5.74, 6) is 0.541. The van der Waals surface area contributed by atoms with Crippen LogP contribution in [-0.4, -0.2) is 25.3 Å². The molecule has 0 bridgehead atoms. The number of ether oxygens (including phenoxy) is 1. The summed E-state index contributed by atoms with van der Waals surface area (Å²) in [6, 6.07) is 9.22. The quantitative estimate of drug-likeness (QED) is 0.904. The molecule has 0 aliphatic carbocycles. The van der Waals surface area contributed by atoms with Crippen LogP contribution in [0.4, 0.5) is 0 Å². The summed E-state index contributed by atoms with van der Waals surface area (Å²) in [5, 5.41) is 4.47. The molecular formula is C15H22ClNO. The minimum absolute atomic E-state index is 0.523. The Hall–Kier alpha value is -0.570. The number of nitrogens with one attached hydrogen (secondary N) is 1. The predicted molar refractivity (Wildman–Crippen MR) is 76.1 cm³/mol. The van der Waals surface area contributed by atoms with Crippen LogP contribution in [-0.2, 0) is 11.2 Å². The fourth-order valence-corrected chi connectivity index (χ4v) is 2.83. The van der Waals surface area contributed by atoms with Crippen LogP contribution in [0.5, 0.6) is 0 Å². The summed E-state index contributed by atoms with van der Waals surface area (Å²) in [6.07, 6.45) is 2.13. The van der Waals surface area contributed by atoms with Crippen LogP contribution in [0.15, 0.2) is 24.3 Å². The van der Waals surface area contributed by atoms with Gasteiger partial charge in [0, 0.05) is 29.6 Å². The molecule has 3 heteroatoms. The zero-order chi connectivity index (χ0) is 13.0. The number of halogens is 1. The molecule has 0 aromatic heterocycles. The number of hydrogen-bond donors (Lipinski definition) is 1. The van der Waals surface area contributed by atoms with Gasteiger partial charge >= 0.3 is 0 Å². The first-order chi connectivity index (χ1) is 8.65. The second-order valence-corrected chi connectivity index (χ2v) is 5.82. The summed E-state index contributed by atoms with van der Waals surface area (Å²) in [5.41, 5.74) is 1.30. The molecule has 2 nitrogen and oxygen atoms in total. The Morgan fingerprint density at radius 3 is 3.00 bits per heavy atom. The molecule has 1 N–H and O–H groups in total. The molecule has 1 aliphatic heterocycles. The Kier molecular flexibility index (Phi) is 5.04. The third-order valence-electron chi connectivity index (χ3n) is 3.41. The van der Waals surface area contributed by atoms with Gasteiger partial charge in [0.15, 0.2) is 0 Å². The second-order valence-electron chi connectivity index (χ2n) is 5.39. The van der Waals surface area contributed by atoms with E-state index in [1.807, 2.05) is 12.1 Å². The van der Waals surface area contributed by atoms with Gasteiger partial charge in [0.25, 0.3) is 0 Å². The average Bonchev–Trinajstić information content (AvgIpc) is 2.31. The van der Waals surface area contributed by atoms with E-state index in [0.29, 0.717) is 18.0 Å². The number of benzene rings is 1. The maximum Gasteiger partial charge on any atom is 0.0512 e. The van der Waals surface area contributed by atoms with E-state index in [0.717, 1.165) is 31.1 Å². The van der Waals surface area contributed by atoms with Crippen molar-refractivity contribution in [3.63, 3.8) is 0 Å². The maximum atomic E-state index is 6.04. The lowest BCUT2D eigenvalue weighted by molar-refractivity contribution is 0.0300. The molecule has 1 aromatic rings. The molecule has 100 valence electrons. The minimum atomic E-state index is 0.523. The molecule has 0 spiro atoms. The highest BCUT2D eigenvalue weighted by molar-refractivity contribution is 6.30. The lowest BCUT2D eigenvalue weighted by Crippen LogP contribution is -2.46. The van der Waals surface area contributed by atoms with E-state index in [1.54, 1.807) is 0 Å². The van der Waals surface area contributed by atoms with Gasteiger partial charge in [-0.05, 0) is 30.5 Å². The topological polar surface area (TPSA) is 21.3 Å². The van der Waals surface area contributed by atoms with E-state index in [9.17, 15) is 0 Å². The van der Waals surface area contributed by atoms with Crippen molar-refractivity contribution >= 4 is 11.6 Å². The molecule has 2 rings (SSSR count). The zero-order valence-corrected chi connectivity index (χ0v) is 11.9. The van der Waals surface area contributed by atoms with Crippen LogP contribution in [0.25, 0.3) is 0 Å². The average molecular weight is 268 g/mol. The van der Waals surface area contributed by atoms with Gasteiger partial charge in [-0.2, -0.15) is 0 Å². The Balaban J connectivity index is 2.00. The first-order valence-corrected chi connectivity index (χ1v) is 7.11. The molecule has 0 saturated carbocycles. The Labute approximate surface area is 115 Å². The fourth-order valence-electron chi connectivity index (χ4n) is 2.61. The highest BCUT2D eigenvalue weighted by atomic mass is 35.5. The summed E-state index contributed by atoms with van der Waals surface area (Å²) in [6.45, 7) is 6.12. The van der Waals surface area contributed by atoms with Crippen molar-refractivity contribution in [1.29, 1.82) is 0 Å². The van der Waals surface area contributed by atoms with Crippen LogP contribution in [0.2, 0.25) is 5.02 Å². The van der Waals surface area contributed by atoms with Gasteiger partial charge in [0.05, 0.1) is 6.61 Å². The van der Waals surface area contributed by atoms with Crippen LogP contribution in [0.3, 0.4) is 0 Å². The predicted octanol–water partition coefficient (Wildman–Crippen LogP) is 3.29. The first kappa shape index (κ1) is 13.9. The number of rotatable bonds is 4. The van der Waals surface area contributed by atoms with Gasteiger partial charge in [-0.25, -0.2) is 0 Å². The van der Waals surface area contributed by atoms with Gasteiger partial charge in [-0.15, -0.1) is 0 Å². The van der Waals surface area contributed by atoms with Crippen molar-refractivity contribution in [2.75, 3.05) is 13.2 Å². The molecule has 1 aromatic carbocycles. The second kappa shape index (κ2) is 6.55. The van der Waals surface area contributed by atoms with Gasteiger partial charge < -0.3 is 10.1 Å². The van der Waals surface area contributed by atoms with Gasteiger partial charge in [0.1, 0.15) is 0 Å². The van der Waals surface area contributed by atoms with Crippen molar-refractivity contribution < 1.29 is 4.74 Å². The van der Waals surface area contributed by atoms with Crippen LogP contribution < -0.4 is 5.32 Å². The van der Waals surface area contributed by atoms with E-state index in [4.69, 9.17) is 16.3 Å². The van der Waals surface area contributed by atoms with E-state index in [1.165, 1.54) is 5.56 Å². The molecule has 1 saturated heterocycles. The lowest BCUT2D eigenvalue weighted by Gasteiger charge is -2.33. The summed E-state index contributed by atoms with van der Waals surface area (Å²) >= 11 is 6.04. The van der Waals surface area contributed by atoms with Gasteiger partial charge in [0.2, 0.25) is 0 Å². The maximum absolute atomic E-state index is 6.04. The zero-order valence-electron chi connectivity index (χ0n) is 11.2. The SMILES string of the molecule is CC(C)N[C@@H]1CCOC[C@H]1Cc1cccc(Cl)c1. The van der Waals surface area contributed by atoms with Crippen LogP contribution in [0, 0.1) is 5.92 Å². The third kappa shape index (κ3) is 3.98. The summed E-state index contributed by atoms with van der Waals surface area (Å²) in [4.78, 5) is 0. The van der Waals surface area contributed by atoms with Crippen LogP contribution >= 0.6 is 11.6 Å². The molecular weight excluding hydrogens is 246 g/mol. The first-order valence-electron chi connectivity index (χ1n) is 6.73. The fraction of sp³-hybridized carbons (Fsp3) is 0.600. The van der Waals surface area contributed by atoms with E-state index in [-0.39, 0.29) is 0 Å². The monoisotopic (exact) mass is 267 g/mol. The molecule has 0 radical (unpaired) electrons. The number of hydrogen-bond acceptors (Lipinski definition) is 2. The van der Waals surface area contributed by atoms with Crippen molar-refractivity contribution in [1.82, 2.24) is 5.32 Å². The highest BCUT2D eigenvalue weighted by Crippen LogP contribution is 2.21. The van der Waals surface area contributed by atoms with Crippen molar-refractivity contribution in [2.45, 2.75) is 38.8 Å². The Morgan fingerprint density at radius 2 is 2.28 bits per heavy atom. The van der Waals surface area contributed by atoms with E-state index in [2.05, 4.69) is 31.3 Å². The van der Waals surface area contributed by atoms with Crippen molar-refractivity contribution in [2.24, 2.45) is 5.92 Å². The van der Waals surface area contributed by atoms with Crippen molar-refractivity contribution in [3.8, 4) is 0 Å². The summed E-state index contributed by atoms with van der Waals surface area (Å²) in [7, 11) is 0. The van der Waals surface area contributed by atoms with E-state index >= 15 is 0 Å².